The fourth-order valence-corrected chi connectivity index (χ4v) is 2.50. The third-order valence-corrected chi connectivity index (χ3v) is 3.77. The van der Waals surface area contributed by atoms with Gasteiger partial charge in [-0.15, -0.1) is 0 Å². The molecule has 0 aromatic heterocycles. The van der Waals surface area contributed by atoms with Crippen molar-refractivity contribution in [1.29, 1.82) is 0 Å². The lowest BCUT2D eigenvalue weighted by Crippen LogP contribution is -2.20. The topological polar surface area (TPSA) is 61.4 Å². The summed E-state index contributed by atoms with van der Waals surface area (Å²) >= 11 is 5.80. The summed E-state index contributed by atoms with van der Waals surface area (Å²) in [4.78, 5) is 25.2. The van der Waals surface area contributed by atoms with Crippen LogP contribution in [0.25, 0.3) is 0 Å². The SMILES string of the molecule is CN1C(=O)Cc2cc(NC(=O)Nc3ccc(Cl)cc3)ccc21. The van der Waals surface area contributed by atoms with Crippen LogP contribution < -0.4 is 15.5 Å². The molecule has 5 nitrogen and oxygen atoms in total. The smallest absolute Gasteiger partial charge is 0.315 e. The van der Waals surface area contributed by atoms with E-state index in [2.05, 4.69) is 10.6 Å². The Kier molecular flexibility index (Phi) is 3.73. The van der Waals surface area contributed by atoms with Crippen molar-refractivity contribution in [1.82, 2.24) is 0 Å². The van der Waals surface area contributed by atoms with Crippen LogP contribution >= 0.6 is 11.6 Å². The van der Waals surface area contributed by atoms with Crippen molar-refractivity contribution in [2.45, 2.75) is 6.42 Å². The number of carbonyl (C=O) groups is 2. The number of urea groups is 1. The number of amides is 3. The molecule has 2 aromatic rings. The lowest BCUT2D eigenvalue weighted by Gasteiger charge is -2.11. The molecule has 0 saturated heterocycles. The highest BCUT2D eigenvalue weighted by molar-refractivity contribution is 6.30. The monoisotopic (exact) mass is 315 g/mol. The molecule has 2 N–H and O–H groups in total. The molecule has 0 bridgehead atoms. The van der Waals surface area contributed by atoms with Crippen molar-refractivity contribution < 1.29 is 9.59 Å². The van der Waals surface area contributed by atoms with Crippen LogP contribution in [0.1, 0.15) is 5.56 Å². The van der Waals surface area contributed by atoms with Crippen molar-refractivity contribution in [2.75, 3.05) is 22.6 Å². The molecule has 2 aromatic carbocycles. The third kappa shape index (κ3) is 2.89. The van der Waals surface area contributed by atoms with E-state index in [0.717, 1.165) is 11.3 Å². The standard InChI is InChI=1S/C16H14ClN3O2/c1-20-14-7-6-13(8-10(14)9-15(20)21)19-16(22)18-12-4-2-11(17)3-5-12/h2-8H,9H2,1H3,(H2,18,19,22). The zero-order chi connectivity index (χ0) is 15.7. The molecular formula is C16H14ClN3O2. The molecule has 0 aliphatic carbocycles. The van der Waals surface area contributed by atoms with Crippen LogP contribution in [0.2, 0.25) is 5.02 Å². The van der Waals surface area contributed by atoms with Crippen LogP contribution in [-0.2, 0) is 11.2 Å². The van der Waals surface area contributed by atoms with Crippen LogP contribution in [0.15, 0.2) is 42.5 Å². The number of nitrogens with zero attached hydrogens (tertiary/aromatic N) is 1. The molecule has 0 fully saturated rings. The molecule has 0 radical (unpaired) electrons. The maximum absolute atomic E-state index is 12.0. The van der Waals surface area contributed by atoms with Gasteiger partial charge in [0, 0.05) is 29.1 Å². The Balaban J connectivity index is 1.69. The molecule has 112 valence electrons. The van der Waals surface area contributed by atoms with E-state index in [9.17, 15) is 9.59 Å². The van der Waals surface area contributed by atoms with E-state index < -0.39 is 0 Å². The molecule has 1 aliphatic heterocycles. The van der Waals surface area contributed by atoms with Crippen molar-refractivity contribution in [3.8, 4) is 0 Å². The molecule has 0 atom stereocenters. The number of hydrogen-bond acceptors (Lipinski definition) is 2. The molecule has 0 unspecified atom stereocenters. The van der Waals surface area contributed by atoms with Gasteiger partial charge < -0.3 is 15.5 Å². The zero-order valence-electron chi connectivity index (χ0n) is 11.9. The predicted molar refractivity (Wildman–Crippen MR) is 87.6 cm³/mol. The van der Waals surface area contributed by atoms with Gasteiger partial charge in [-0.1, -0.05) is 11.6 Å². The van der Waals surface area contributed by atoms with Crippen molar-refractivity contribution in [2.24, 2.45) is 0 Å². The number of fused-ring (bicyclic) bond motifs is 1. The number of rotatable bonds is 2. The molecule has 0 spiro atoms. The van der Waals surface area contributed by atoms with Gasteiger partial charge in [-0.2, -0.15) is 0 Å². The highest BCUT2D eigenvalue weighted by Crippen LogP contribution is 2.30. The van der Waals surface area contributed by atoms with Gasteiger partial charge in [0.15, 0.2) is 0 Å². The number of carbonyl (C=O) groups excluding carboxylic acids is 2. The summed E-state index contributed by atoms with van der Waals surface area (Å²) < 4.78 is 0. The van der Waals surface area contributed by atoms with Crippen molar-refractivity contribution in [3.63, 3.8) is 0 Å². The summed E-state index contributed by atoms with van der Waals surface area (Å²) in [7, 11) is 1.74. The number of anilines is 3. The molecule has 3 amide bonds. The van der Waals surface area contributed by atoms with Gasteiger partial charge in [0.05, 0.1) is 6.42 Å². The Labute approximate surface area is 132 Å². The Bertz CT molecular complexity index is 744. The van der Waals surface area contributed by atoms with Gasteiger partial charge in [-0.3, -0.25) is 4.79 Å². The Morgan fingerprint density at radius 3 is 2.45 bits per heavy atom. The largest absolute Gasteiger partial charge is 0.323 e. The van der Waals surface area contributed by atoms with Crippen LogP contribution in [0.5, 0.6) is 0 Å². The van der Waals surface area contributed by atoms with Gasteiger partial charge in [0.25, 0.3) is 0 Å². The van der Waals surface area contributed by atoms with E-state index in [-0.39, 0.29) is 11.9 Å². The first-order valence-corrected chi connectivity index (χ1v) is 7.14. The summed E-state index contributed by atoms with van der Waals surface area (Å²) in [6, 6.07) is 11.9. The zero-order valence-corrected chi connectivity index (χ0v) is 12.6. The summed E-state index contributed by atoms with van der Waals surface area (Å²) in [5.41, 5.74) is 3.09. The minimum Gasteiger partial charge on any atom is -0.315 e. The van der Waals surface area contributed by atoms with E-state index in [4.69, 9.17) is 11.6 Å². The molecule has 3 rings (SSSR count). The minimum absolute atomic E-state index is 0.0535. The number of halogens is 1. The van der Waals surface area contributed by atoms with Gasteiger partial charge in [-0.05, 0) is 48.0 Å². The van der Waals surface area contributed by atoms with Crippen molar-refractivity contribution >= 4 is 40.6 Å². The number of benzene rings is 2. The summed E-state index contributed by atoms with van der Waals surface area (Å²) in [6.07, 6.45) is 0.361. The number of nitrogens with one attached hydrogen (secondary N) is 2. The van der Waals surface area contributed by atoms with Gasteiger partial charge in [0.2, 0.25) is 5.91 Å². The average Bonchev–Trinajstić information content (AvgIpc) is 2.76. The molecule has 6 heteroatoms. The second kappa shape index (κ2) is 5.69. The predicted octanol–water partition coefficient (Wildman–Crippen LogP) is 3.50. The van der Waals surface area contributed by atoms with Crippen LogP contribution in [0, 0.1) is 0 Å². The summed E-state index contributed by atoms with van der Waals surface area (Å²) in [5.74, 6) is 0.0535. The number of likely N-dealkylation sites (N-methyl/N-ethyl adjacent to an activating group) is 1. The lowest BCUT2D eigenvalue weighted by atomic mass is 10.1. The maximum Gasteiger partial charge on any atom is 0.323 e. The normalized spacial score (nSPS) is 13.0. The van der Waals surface area contributed by atoms with E-state index in [1.54, 1.807) is 42.3 Å². The van der Waals surface area contributed by atoms with Crippen molar-refractivity contribution in [3.05, 3.63) is 53.1 Å². The van der Waals surface area contributed by atoms with Gasteiger partial charge in [-0.25, -0.2) is 4.79 Å². The maximum atomic E-state index is 12.0. The first-order valence-electron chi connectivity index (χ1n) is 6.76. The Morgan fingerprint density at radius 1 is 1.09 bits per heavy atom. The molecular weight excluding hydrogens is 302 g/mol. The van der Waals surface area contributed by atoms with E-state index in [1.165, 1.54) is 0 Å². The summed E-state index contributed by atoms with van der Waals surface area (Å²) in [5, 5.41) is 6.08. The highest BCUT2D eigenvalue weighted by atomic mass is 35.5. The molecule has 1 aliphatic rings. The van der Waals surface area contributed by atoms with E-state index in [1.807, 2.05) is 12.1 Å². The Morgan fingerprint density at radius 2 is 1.73 bits per heavy atom. The first-order chi connectivity index (χ1) is 10.5. The molecule has 0 saturated carbocycles. The van der Waals surface area contributed by atoms with Gasteiger partial charge in [0.1, 0.15) is 0 Å². The average molecular weight is 316 g/mol. The highest BCUT2D eigenvalue weighted by Gasteiger charge is 2.23. The molecule has 1 heterocycles. The first kappa shape index (κ1) is 14.4. The number of hydrogen-bond donors (Lipinski definition) is 2. The minimum atomic E-state index is -0.347. The fourth-order valence-electron chi connectivity index (χ4n) is 2.37. The van der Waals surface area contributed by atoms with Crippen LogP contribution in [-0.4, -0.2) is 19.0 Å². The Hall–Kier alpha value is -2.53. The van der Waals surface area contributed by atoms with E-state index in [0.29, 0.717) is 22.8 Å². The quantitative estimate of drug-likeness (QED) is 0.891. The second-order valence-corrected chi connectivity index (χ2v) is 5.50. The van der Waals surface area contributed by atoms with Crippen LogP contribution in [0.4, 0.5) is 21.9 Å². The third-order valence-electron chi connectivity index (χ3n) is 3.52. The second-order valence-electron chi connectivity index (χ2n) is 5.06. The summed E-state index contributed by atoms with van der Waals surface area (Å²) in [6.45, 7) is 0. The van der Waals surface area contributed by atoms with Crippen LogP contribution in [0.3, 0.4) is 0 Å². The molecule has 22 heavy (non-hydrogen) atoms. The van der Waals surface area contributed by atoms with E-state index >= 15 is 0 Å². The fraction of sp³-hybridized carbons (Fsp3) is 0.125. The van der Waals surface area contributed by atoms with Gasteiger partial charge >= 0.3 is 6.03 Å². The lowest BCUT2D eigenvalue weighted by molar-refractivity contribution is -0.117.